The molecule has 3 unspecified atom stereocenters. The van der Waals surface area contributed by atoms with Crippen molar-refractivity contribution in [3.05, 3.63) is 0 Å². The van der Waals surface area contributed by atoms with Crippen LogP contribution >= 0.6 is 0 Å². The van der Waals surface area contributed by atoms with Crippen LogP contribution in [0.5, 0.6) is 0 Å². The lowest BCUT2D eigenvalue weighted by Crippen LogP contribution is -2.44. The molecule has 2 rings (SSSR count). The number of ether oxygens (including phenoxy) is 1. The van der Waals surface area contributed by atoms with Gasteiger partial charge in [0.2, 0.25) is 0 Å². The van der Waals surface area contributed by atoms with E-state index in [2.05, 4.69) is 13.8 Å². The molecule has 0 amide bonds. The summed E-state index contributed by atoms with van der Waals surface area (Å²) in [5.74, 6) is 1.49. The van der Waals surface area contributed by atoms with Crippen molar-refractivity contribution in [2.75, 3.05) is 7.11 Å². The number of rotatable bonds is 1. The van der Waals surface area contributed by atoms with Crippen molar-refractivity contribution in [1.82, 2.24) is 0 Å². The van der Waals surface area contributed by atoms with Crippen LogP contribution in [0.15, 0.2) is 0 Å². The molecular formula is C11H20O2. The maximum atomic E-state index is 9.93. The van der Waals surface area contributed by atoms with Gasteiger partial charge in [0.15, 0.2) is 0 Å². The quantitative estimate of drug-likeness (QED) is 0.673. The summed E-state index contributed by atoms with van der Waals surface area (Å²) in [5.41, 5.74) is 0.145. The molecule has 0 aromatic carbocycles. The van der Waals surface area contributed by atoms with E-state index in [4.69, 9.17) is 4.74 Å². The van der Waals surface area contributed by atoms with Crippen LogP contribution in [0, 0.1) is 17.3 Å². The standard InChI is InChI=1S/C11H20O2/c1-10(2)7-5-9(12)11(3,13-4)6-8(7)10/h7-9,12H,5-6H2,1-4H3/t7-,8?,9?,11?/m1/s1. The Morgan fingerprint density at radius 3 is 2.38 bits per heavy atom. The largest absolute Gasteiger partial charge is 0.390 e. The molecule has 0 saturated heterocycles. The van der Waals surface area contributed by atoms with E-state index in [1.165, 1.54) is 0 Å². The molecule has 4 atom stereocenters. The molecule has 2 aliphatic rings. The van der Waals surface area contributed by atoms with Crippen molar-refractivity contribution < 1.29 is 9.84 Å². The lowest BCUT2D eigenvalue weighted by Gasteiger charge is -2.36. The lowest BCUT2D eigenvalue weighted by atomic mass is 9.83. The number of aliphatic hydroxyl groups is 1. The SMILES string of the molecule is COC1(C)CC2[C@@H](CC1O)C2(C)C. The molecule has 0 aromatic rings. The van der Waals surface area contributed by atoms with Gasteiger partial charge in [0.1, 0.15) is 0 Å². The van der Waals surface area contributed by atoms with Crippen LogP contribution in [0.1, 0.15) is 33.6 Å². The fraction of sp³-hybridized carbons (Fsp3) is 1.00. The van der Waals surface area contributed by atoms with Crippen molar-refractivity contribution in [3.8, 4) is 0 Å². The van der Waals surface area contributed by atoms with Gasteiger partial charge in [-0.2, -0.15) is 0 Å². The Bertz CT molecular complexity index is 224. The normalized spacial score (nSPS) is 52.8. The third-order valence-corrected chi connectivity index (χ3v) is 4.56. The van der Waals surface area contributed by atoms with Crippen molar-refractivity contribution in [2.24, 2.45) is 17.3 Å². The zero-order chi connectivity index (χ0) is 9.85. The van der Waals surface area contributed by atoms with Gasteiger partial charge in [0.05, 0.1) is 11.7 Å². The van der Waals surface area contributed by atoms with Crippen LogP contribution in [0.2, 0.25) is 0 Å². The molecule has 2 aliphatic carbocycles. The molecule has 0 bridgehead atoms. The molecular weight excluding hydrogens is 164 g/mol. The van der Waals surface area contributed by atoms with Crippen LogP contribution in [0.25, 0.3) is 0 Å². The molecule has 1 N–H and O–H groups in total. The van der Waals surface area contributed by atoms with Crippen molar-refractivity contribution >= 4 is 0 Å². The minimum Gasteiger partial charge on any atom is -0.390 e. The zero-order valence-electron chi connectivity index (χ0n) is 9.00. The first-order valence-corrected chi connectivity index (χ1v) is 5.15. The van der Waals surface area contributed by atoms with E-state index in [0.29, 0.717) is 5.41 Å². The summed E-state index contributed by atoms with van der Waals surface area (Å²) in [7, 11) is 1.71. The van der Waals surface area contributed by atoms with E-state index >= 15 is 0 Å². The smallest absolute Gasteiger partial charge is 0.0911 e. The Kier molecular flexibility index (Phi) is 1.81. The summed E-state index contributed by atoms with van der Waals surface area (Å²) in [4.78, 5) is 0. The Labute approximate surface area is 80.3 Å². The van der Waals surface area contributed by atoms with E-state index in [0.717, 1.165) is 24.7 Å². The predicted molar refractivity (Wildman–Crippen MR) is 51.4 cm³/mol. The third kappa shape index (κ3) is 1.15. The number of methoxy groups -OCH3 is 1. The Morgan fingerprint density at radius 2 is 1.85 bits per heavy atom. The molecule has 2 heteroatoms. The van der Waals surface area contributed by atoms with E-state index in [1.807, 2.05) is 6.92 Å². The van der Waals surface area contributed by atoms with Gasteiger partial charge in [-0.1, -0.05) is 13.8 Å². The van der Waals surface area contributed by atoms with E-state index < -0.39 is 0 Å². The molecule has 76 valence electrons. The second-order valence-electron chi connectivity index (χ2n) is 5.51. The third-order valence-electron chi connectivity index (χ3n) is 4.56. The van der Waals surface area contributed by atoms with Crippen molar-refractivity contribution in [2.45, 2.75) is 45.3 Å². The summed E-state index contributed by atoms with van der Waals surface area (Å²) in [6.07, 6.45) is 1.66. The maximum absolute atomic E-state index is 9.93. The molecule has 2 nitrogen and oxygen atoms in total. The number of fused-ring (bicyclic) bond motifs is 1. The number of hydrogen-bond acceptors (Lipinski definition) is 2. The first kappa shape index (κ1) is 9.47. The number of aliphatic hydroxyl groups excluding tert-OH is 1. The van der Waals surface area contributed by atoms with Gasteiger partial charge in [-0.05, 0) is 37.0 Å². The summed E-state index contributed by atoms with van der Waals surface area (Å²) in [5, 5.41) is 9.93. The summed E-state index contributed by atoms with van der Waals surface area (Å²) in [6, 6.07) is 0. The zero-order valence-corrected chi connectivity index (χ0v) is 9.00. The highest BCUT2D eigenvalue weighted by Crippen LogP contribution is 2.66. The van der Waals surface area contributed by atoms with Crippen LogP contribution in [-0.2, 0) is 4.74 Å². The van der Waals surface area contributed by atoms with Gasteiger partial charge < -0.3 is 9.84 Å². The molecule has 2 fully saturated rings. The average molecular weight is 184 g/mol. The first-order valence-electron chi connectivity index (χ1n) is 5.15. The molecule has 0 radical (unpaired) electrons. The molecule has 0 heterocycles. The average Bonchev–Trinajstić information content (AvgIpc) is 2.56. The van der Waals surface area contributed by atoms with E-state index in [9.17, 15) is 5.11 Å². The van der Waals surface area contributed by atoms with Gasteiger partial charge in [-0.15, -0.1) is 0 Å². The van der Waals surface area contributed by atoms with Crippen LogP contribution in [0.3, 0.4) is 0 Å². The Balaban J connectivity index is 2.13. The van der Waals surface area contributed by atoms with Crippen LogP contribution in [0.4, 0.5) is 0 Å². The summed E-state index contributed by atoms with van der Waals surface area (Å²) >= 11 is 0. The van der Waals surface area contributed by atoms with Gasteiger partial charge in [-0.3, -0.25) is 0 Å². The molecule has 13 heavy (non-hydrogen) atoms. The second kappa shape index (κ2) is 2.48. The predicted octanol–water partition coefficient (Wildman–Crippen LogP) is 1.82. The molecule has 0 spiro atoms. The highest BCUT2D eigenvalue weighted by Gasteiger charge is 2.64. The molecule has 0 aromatic heterocycles. The van der Waals surface area contributed by atoms with Gasteiger partial charge in [-0.25, -0.2) is 0 Å². The Morgan fingerprint density at radius 1 is 1.23 bits per heavy atom. The number of hydrogen-bond donors (Lipinski definition) is 1. The lowest BCUT2D eigenvalue weighted by molar-refractivity contribution is -0.114. The van der Waals surface area contributed by atoms with Gasteiger partial charge in [0.25, 0.3) is 0 Å². The fourth-order valence-electron chi connectivity index (χ4n) is 3.01. The molecule has 0 aliphatic heterocycles. The van der Waals surface area contributed by atoms with Crippen molar-refractivity contribution in [3.63, 3.8) is 0 Å². The van der Waals surface area contributed by atoms with Gasteiger partial charge >= 0.3 is 0 Å². The minimum absolute atomic E-state index is 0.277. The van der Waals surface area contributed by atoms with E-state index in [1.54, 1.807) is 7.11 Å². The Hall–Kier alpha value is -0.0800. The van der Waals surface area contributed by atoms with Crippen molar-refractivity contribution in [1.29, 1.82) is 0 Å². The monoisotopic (exact) mass is 184 g/mol. The minimum atomic E-state index is -0.297. The highest BCUT2D eigenvalue weighted by atomic mass is 16.5. The van der Waals surface area contributed by atoms with Crippen LogP contribution in [-0.4, -0.2) is 23.9 Å². The molecule has 2 saturated carbocycles. The van der Waals surface area contributed by atoms with Gasteiger partial charge in [0, 0.05) is 7.11 Å². The first-order chi connectivity index (χ1) is 5.92. The van der Waals surface area contributed by atoms with E-state index in [-0.39, 0.29) is 11.7 Å². The highest BCUT2D eigenvalue weighted by molar-refractivity contribution is 5.13. The summed E-state index contributed by atoms with van der Waals surface area (Å²) < 4.78 is 5.43. The van der Waals surface area contributed by atoms with Crippen LogP contribution < -0.4 is 0 Å². The topological polar surface area (TPSA) is 29.5 Å². The maximum Gasteiger partial charge on any atom is 0.0911 e. The fourth-order valence-corrected chi connectivity index (χ4v) is 3.01. The second-order valence-corrected chi connectivity index (χ2v) is 5.51. The summed E-state index contributed by atoms with van der Waals surface area (Å²) in [6.45, 7) is 6.63.